The summed E-state index contributed by atoms with van der Waals surface area (Å²) in [7, 11) is -3.60. The van der Waals surface area contributed by atoms with E-state index in [-0.39, 0.29) is 40.7 Å². The summed E-state index contributed by atoms with van der Waals surface area (Å²) in [6.45, 7) is 9.97. The number of carbonyl (C=O) groups is 1. The van der Waals surface area contributed by atoms with Gasteiger partial charge >= 0.3 is 6.09 Å². The van der Waals surface area contributed by atoms with Gasteiger partial charge in [0.1, 0.15) is 16.8 Å². The number of fused-ring (bicyclic) bond motifs is 1. The van der Waals surface area contributed by atoms with Gasteiger partial charge in [0, 0.05) is 29.4 Å². The molecule has 10 heteroatoms. The van der Waals surface area contributed by atoms with E-state index in [1.165, 1.54) is 6.07 Å². The number of nitrogens with one attached hydrogen (secondary N) is 2. The van der Waals surface area contributed by atoms with Crippen molar-refractivity contribution >= 4 is 27.4 Å². The van der Waals surface area contributed by atoms with Crippen LogP contribution in [0.1, 0.15) is 71.1 Å². The first-order valence-corrected chi connectivity index (χ1v) is 13.4. The molecule has 1 aliphatic carbocycles. The predicted molar refractivity (Wildman–Crippen MR) is 128 cm³/mol. The normalized spacial score (nSPS) is 21.5. The van der Waals surface area contributed by atoms with E-state index in [4.69, 9.17) is 9.84 Å². The van der Waals surface area contributed by atoms with Crippen molar-refractivity contribution in [3.05, 3.63) is 35.3 Å². The van der Waals surface area contributed by atoms with Crippen molar-refractivity contribution in [1.29, 1.82) is 0 Å². The number of alkyl carbamates (subject to hydrolysis) is 1. The van der Waals surface area contributed by atoms with Crippen LogP contribution in [0.2, 0.25) is 0 Å². The van der Waals surface area contributed by atoms with Crippen LogP contribution in [-0.4, -0.2) is 42.2 Å². The molecule has 8 nitrogen and oxygen atoms in total. The third-order valence-electron chi connectivity index (χ3n) is 6.26. The molecule has 186 valence electrons. The van der Waals surface area contributed by atoms with Gasteiger partial charge in [-0.05, 0) is 78.0 Å². The number of sulfone groups is 1. The van der Waals surface area contributed by atoms with Crippen molar-refractivity contribution in [2.45, 2.75) is 88.8 Å². The van der Waals surface area contributed by atoms with E-state index in [2.05, 4.69) is 31.4 Å². The smallest absolute Gasteiger partial charge is 0.407 e. The highest BCUT2D eigenvalue weighted by Crippen LogP contribution is 2.40. The zero-order valence-corrected chi connectivity index (χ0v) is 21.1. The number of aromatic nitrogens is 2. The molecule has 1 aliphatic heterocycles. The number of carbonyl (C=O) groups excluding carboxylic acids is 1. The lowest BCUT2D eigenvalue weighted by Gasteiger charge is -2.24. The Morgan fingerprint density at radius 1 is 1.26 bits per heavy atom. The van der Waals surface area contributed by atoms with Crippen LogP contribution in [0.5, 0.6) is 0 Å². The maximum atomic E-state index is 14.3. The Hall–Kier alpha value is -2.62. The molecule has 1 fully saturated rings. The van der Waals surface area contributed by atoms with Gasteiger partial charge < -0.3 is 15.4 Å². The number of hydrogen-bond donors (Lipinski definition) is 2. The van der Waals surface area contributed by atoms with Gasteiger partial charge in [0.2, 0.25) is 0 Å². The summed E-state index contributed by atoms with van der Waals surface area (Å²) >= 11 is 0. The fourth-order valence-electron chi connectivity index (χ4n) is 4.80. The van der Waals surface area contributed by atoms with Crippen LogP contribution < -0.4 is 10.6 Å². The molecule has 0 bridgehead atoms. The molecule has 1 aromatic carbocycles. The number of ether oxygens (including phenoxy) is 1. The molecular weight excluding hydrogens is 459 g/mol. The second kappa shape index (κ2) is 8.87. The Balaban J connectivity index is 1.58. The Morgan fingerprint density at radius 3 is 2.68 bits per heavy atom. The third-order valence-corrected chi connectivity index (χ3v) is 8.07. The van der Waals surface area contributed by atoms with Crippen molar-refractivity contribution in [1.82, 2.24) is 15.1 Å². The summed E-state index contributed by atoms with van der Waals surface area (Å²) < 4.78 is 46.4. The molecule has 2 aromatic rings. The van der Waals surface area contributed by atoms with Gasteiger partial charge in [0.05, 0.1) is 11.3 Å². The van der Waals surface area contributed by atoms with Gasteiger partial charge in [0.25, 0.3) is 0 Å². The second-order valence-corrected chi connectivity index (χ2v) is 12.5. The van der Waals surface area contributed by atoms with Crippen molar-refractivity contribution in [3.63, 3.8) is 0 Å². The van der Waals surface area contributed by atoms with E-state index < -0.39 is 21.7 Å². The minimum Gasteiger partial charge on any atom is -0.446 e. The summed E-state index contributed by atoms with van der Waals surface area (Å²) in [5.74, 6) is -0.0612. The molecule has 2 N–H and O–H groups in total. The Kier molecular flexibility index (Phi) is 6.39. The van der Waals surface area contributed by atoms with E-state index in [0.717, 1.165) is 18.5 Å². The van der Waals surface area contributed by atoms with Gasteiger partial charge in [-0.3, -0.25) is 4.68 Å². The van der Waals surface area contributed by atoms with E-state index >= 15 is 0 Å². The highest BCUT2D eigenvalue weighted by atomic mass is 32.2. The lowest BCUT2D eigenvalue weighted by Crippen LogP contribution is -2.33. The van der Waals surface area contributed by atoms with E-state index in [1.807, 2.05) is 24.6 Å². The summed E-state index contributed by atoms with van der Waals surface area (Å²) in [6.07, 6.45) is 2.06. The van der Waals surface area contributed by atoms with Crippen molar-refractivity contribution < 1.29 is 22.3 Å². The maximum absolute atomic E-state index is 14.3. The number of rotatable bonds is 5. The quantitative estimate of drug-likeness (QED) is 0.631. The number of nitrogens with zero attached hydrogens (tertiary/aromatic N) is 2. The molecule has 34 heavy (non-hydrogen) atoms. The number of amides is 1. The number of hydrogen-bond acceptors (Lipinski definition) is 6. The summed E-state index contributed by atoms with van der Waals surface area (Å²) in [5, 5.41) is 10.8. The van der Waals surface area contributed by atoms with Crippen LogP contribution in [0.4, 0.5) is 20.7 Å². The summed E-state index contributed by atoms with van der Waals surface area (Å²) in [5.41, 5.74) is 1.76. The minimum absolute atomic E-state index is 0.0172. The van der Waals surface area contributed by atoms with Crippen LogP contribution in [-0.2, 0) is 26.5 Å². The van der Waals surface area contributed by atoms with Gasteiger partial charge in [-0.25, -0.2) is 17.6 Å². The Labute approximate surface area is 200 Å². The molecule has 0 radical (unpaired) electrons. The highest BCUT2D eigenvalue weighted by molar-refractivity contribution is 7.91. The molecule has 2 atom stereocenters. The number of halogens is 1. The first kappa shape index (κ1) is 24.5. The van der Waals surface area contributed by atoms with Crippen molar-refractivity contribution in [2.24, 2.45) is 0 Å². The molecule has 2 heterocycles. The monoisotopic (exact) mass is 492 g/mol. The molecule has 1 aromatic heterocycles. The minimum atomic E-state index is -3.60. The van der Waals surface area contributed by atoms with Crippen LogP contribution in [0.15, 0.2) is 23.1 Å². The topological polar surface area (TPSA) is 102 Å². The van der Waals surface area contributed by atoms with Gasteiger partial charge in [-0.15, -0.1) is 0 Å². The standard InChI is InChI=1S/C24H33FN4O4S/c1-14(2)26-23(30)33-16-7-6-15(12-16)20-13-21(28-29(20)24(3,4)5)27-19-9-8-18(25)22-17(19)10-11-34(22,31)32/h8-9,13-16H,6-7,10-12H2,1-5H3,(H,26,30)(H,27,28)/t15-,16+/m0/s1. The molecular formula is C24H33FN4O4S. The van der Waals surface area contributed by atoms with Gasteiger partial charge in [-0.2, -0.15) is 5.10 Å². The third kappa shape index (κ3) is 4.92. The fraction of sp³-hybridized carbons (Fsp3) is 0.583. The number of anilines is 2. The Bertz CT molecular complexity index is 1200. The van der Waals surface area contributed by atoms with Crippen molar-refractivity contribution in [2.75, 3.05) is 11.1 Å². The van der Waals surface area contributed by atoms with E-state index in [9.17, 15) is 17.6 Å². The van der Waals surface area contributed by atoms with Crippen LogP contribution in [0.3, 0.4) is 0 Å². The SMILES string of the molecule is CC(C)NC(=O)O[C@@H]1CC[C@H](c2cc(Nc3ccc(F)c4c3CCS4(=O)=O)nn2C(C)(C)C)C1. The van der Waals surface area contributed by atoms with Crippen LogP contribution >= 0.6 is 0 Å². The fourth-order valence-corrected chi connectivity index (χ4v) is 6.43. The largest absolute Gasteiger partial charge is 0.446 e. The molecule has 0 saturated heterocycles. The highest BCUT2D eigenvalue weighted by Gasteiger charge is 2.35. The van der Waals surface area contributed by atoms with Gasteiger partial charge in [0.15, 0.2) is 15.7 Å². The van der Waals surface area contributed by atoms with Crippen LogP contribution in [0.25, 0.3) is 0 Å². The zero-order chi connectivity index (χ0) is 24.8. The molecule has 1 saturated carbocycles. The predicted octanol–water partition coefficient (Wildman–Crippen LogP) is 4.62. The maximum Gasteiger partial charge on any atom is 0.407 e. The molecule has 0 spiro atoms. The van der Waals surface area contributed by atoms with E-state index in [1.54, 1.807) is 6.07 Å². The van der Waals surface area contributed by atoms with Gasteiger partial charge in [-0.1, -0.05) is 0 Å². The lowest BCUT2D eigenvalue weighted by molar-refractivity contribution is 0.0979. The summed E-state index contributed by atoms with van der Waals surface area (Å²) in [4.78, 5) is 11.8. The zero-order valence-electron chi connectivity index (χ0n) is 20.3. The van der Waals surface area contributed by atoms with Crippen molar-refractivity contribution in [3.8, 4) is 0 Å². The average molecular weight is 493 g/mol. The molecule has 1 amide bonds. The first-order chi connectivity index (χ1) is 15.8. The lowest BCUT2D eigenvalue weighted by atomic mass is 10.0. The van der Waals surface area contributed by atoms with E-state index in [0.29, 0.717) is 23.5 Å². The molecule has 0 unspecified atom stereocenters. The van der Waals surface area contributed by atoms with Crippen LogP contribution in [0, 0.1) is 5.82 Å². The number of benzene rings is 1. The Morgan fingerprint density at radius 2 is 2.00 bits per heavy atom. The first-order valence-electron chi connectivity index (χ1n) is 11.7. The second-order valence-electron chi connectivity index (χ2n) is 10.5. The molecule has 4 rings (SSSR count). The molecule has 2 aliphatic rings. The average Bonchev–Trinajstić information content (AvgIpc) is 3.40. The summed E-state index contributed by atoms with van der Waals surface area (Å²) in [6, 6.07) is 4.74.